The molecule has 1 fully saturated rings. The number of carbonyl (C=O) groups excluding carboxylic acids is 1. The number of halogens is 1. The van der Waals surface area contributed by atoms with Crippen molar-refractivity contribution in [2.75, 3.05) is 20.3 Å². The largest absolute Gasteiger partial charge is 0.494 e. The summed E-state index contributed by atoms with van der Waals surface area (Å²) in [4.78, 5) is 19.7. The molecule has 1 saturated heterocycles. The van der Waals surface area contributed by atoms with Crippen molar-refractivity contribution in [3.05, 3.63) is 47.8 Å². The van der Waals surface area contributed by atoms with Gasteiger partial charge in [0, 0.05) is 31.0 Å². The number of H-pyrrole nitrogens is 1. The number of imidazole rings is 1. The number of rotatable bonds is 4. The van der Waals surface area contributed by atoms with E-state index in [1.807, 2.05) is 0 Å². The van der Waals surface area contributed by atoms with Crippen LogP contribution in [0.4, 0.5) is 4.39 Å². The maximum absolute atomic E-state index is 13.4. The summed E-state index contributed by atoms with van der Waals surface area (Å²) in [5, 5.41) is 2.95. The van der Waals surface area contributed by atoms with Gasteiger partial charge in [0.25, 0.3) is 5.91 Å². The van der Waals surface area contributed by atoms with Gasteiger partial charge in [0.1, 0.15) is 11.4 Å². The van der Waals surface area contributed by atoms with Gasteiger partial charge in [-0.2, -0.15) is 0 Å². The summed E-state index contributed by atoms with van der Waals surface area (Å²) in [7, 11) is 1.36. The van der Waals surface area contributed by atoms with Crippen LogP contribution in [0.25, 0.3) is 0 Å². The molecule has 1 atom stereocenters. The van der Waals surface area contributed by atoms with Crippen LogP contribution >= 0.6 is 0 Å². The second kappa shape index (κ2) is 5.76. The quantitative estimate of drug-likeness (QED) is 0.899. The normalized spacial score (nSPS) is 20.8. The second-order valence-electron chi connectivity index (χ2n) is 5.13. The van der Waals surface area contributed by atoms with Crippen molar-refractivity contribution >= 4 is 5.91 Å². The lowest BCUT2D eigenvalue weighted by Gasteiger charge is -2.26. The van der Waals surface area contributed by atoms with Gasteiger partial charge in [-0.3, -0.25) is 4.79 Å². The Morgan fingerprint density at radius 2 is 2.41 bits per heavy atom. The fourth-order valence-corrected chi connectivity index (χ4v) is 2.53. The van der Waals surface area contributed by atoms with Crippen LogP contribution in [0.2, 0.25) is 0 Å². The predicted octanol–water partition coefficient (Wildman–Crippen LogP) is 1.60. The minimum absolute atomic E-state index is 0.0300. The average molecular weight is 305 g/mol. The van der Waals surface area contributed by atoms with Crippen molar-refractivity contribution in [1.29, 1.82) is 0 Å². The van der Waals surface area contributed by atoms with E-state index in [2.05, 4.69) is 15.3 Å². The SMILES string of the molecule is COc1cc(C(=O)NC2(c3ncc[nH]3)CCOC2)ccc1F. The van der Waals surface area contributed by atoms with Gasteiger partial charge in [-0.25, -0.2) is 9.37 Å². The van der Waals surface area contributed by atoms with Crippen molar-refractivity contribution in [1.82, 2.24) is 15.3 Å². The molecule has 2 heterocycles. The molecular formula is C15H16FN3O3. The Labute approximate surface area is 126 Å². The lowest BCUT2D eigenvalue weighted by Crippen LogP contribution is -2.47. The Hall–Kier alpha value is -2.41. The maximum Gasteiger partial charge on any atom is 0.252 e. The van der Waals surface area contributed by atoms with E-state index in [1.54, 1.807) is 12.4 Å². The molecule has 3 rings (SSSR count). The fourth-order valence-electron chi connectivity index (χ4n) is 2.53. The number of hydrogen-bond acceptors (Lipinski definition) is 4. The number of nitrogens with one attached hydrogen (secondary N) is 2. The summed E-state index contributed by atoms with van der Waals surface area (Å²) in [6.45, 7) is 0.873. The first-order valence-corrected chi connectivity index (χ1v) is 6.88. The van der Waals surface area contributed by atoms with E-state index in [4.69, 9.17) is 9.47 Å². The highest BCUT2D eigenvalue weighted by Gasteiger charge is 2.40. The third-order valence-electron chi connectivity index (χ3n) is 3.74. The van der Waals surface area contributed by atoms with Crippen molar-refractivity contribution in [2.45, 2.75) is 12.0 Å². The standard InChI is InChI=1S/C15H16FN3O3/c1-21-12-8-10(2-3-11(12)16)13(20)19-15(4-7-22-9-15)14-17-5-6-18-14/h2-3,5-6,8H,4,7,9H2,1H3,(H,17,18)(H,19,20). The third kappa shape index (κ3) is 2.55. The lowest BCUT2D eigenvalue weighted by atomic mass is 9.97. The fraction of sp³-hybridized carbons (Fsp3) is 0.333. The summed E-state index contributed by atoms with van der Waals surface area (Å²) in [6.07, 6.45) is 3.94. The molecule has 2 N–H and O–H groups in total. The average Bonchev–Trinajstić information content (AvgIpc) is 3.19. The topological polar surface area (TPSA) is 76.2 Å². The molecule has 1 unspecified atom stereocenters. The minimum atomic E-state index is -0.692. The van der Waals surface area contributed by atoms with Crippen LogP contribution in [0.15, 0.2) is 30.6 Å². The monoisotopic (exact) mass is 305 g/mol. The Morgan fingerprint density at radius 3 is 3.05 bits per heavy atom. The number of ether oxygens (including phenoxy) is 2. The van der Waals surface area contributed by atoms with E-state index in [-0.39, 0.29) is 11.7 Å². The molecule has 2 aromatic rings. The van der Waals surface area contributed by atoms with Gasteiger partial charge in [0.05, 0.1) is 13.7 Å². The van der Waals surface area contributed by atoms with Gasteiger partial charge in [0.15, 0.2) is 11.6 Å². The molecule has 0 aliphatic carbocycles. The first-order valence-electron chi connectivity index (χ1n) is 6.88. The smallest absolute Gasteiger partial charge is 0.252 e. The van der Waals surface area contributed by atoms with E-state index in [0.29, 0.717) is 31.0 Å². The molecular weight excluding hydrogens is 289 g/mol. The second-order valence-corrected chi connectivity index (χ2v) is 5.13. The highest BCUT2D eigenvalue weighted by atomic mass is 19.1. The molecule has 0 radical (unpaired) electrons. The molecule has 7 heteroatoms. The molecule has 6 nitrogen and oxygen atoms in total. The molecule has 0 saturated carbocycles. The summed E-state index contributed by atoms with van der Waals surface area (Å²) in [5.41, 5.74) is -0.376. The molecule has 116 valence electrons. The van der Waals surface area contributed by atoms with Crippen LogP contribution in [-0.4, -0.2) is 36.2 Å². The van der Waals surface area contributed by atoms with Crippen molar-refractivity contribution in [3.63, 3.8) is 0 Å². The highest BCUT2D eigenvalue weighted by molar-refractivity contribution is 5.95. The summed E-state index contributed by atoms with van der Waals surface area (Å²) in [5.74, 6) is -0.168. The van der Waals surface area contributed by atoms with Crippen LogP contribution in [0, 0.1) is 5.82 Å². The lowest BCUT2D eigenvalue weighted by molar-refractivity contribution is 0.0869. The van der Waals surface area contributed by atoms with Gasteiger partial charge < -0.3 is 19.8 Å². The third-order valence-corrected chi connectivity index (χ3v) is 3.74. The molecule has 22 heavy (non-hydrogen) atoms. The van der Waals surface area contributed by atoms with Gasteiger partial charge in [-0.15, -0.1) is 0 Å². The molecule has 0 bridgehead atoms. The Balaban J connectivity index is 1.86. The number of amides is 1. The van der Waals surface area contributed by atoms with E-state index >= 15 is 0 Å². The van der Waals surface area contributed by atoms with E-state index in [0.717, 1.165) is 0 Å². The van der Waals surface area contributed by atoms with Crippen molar-refractivity contribution in [2.24, 2.45) is 0 Å². The summed E-state index contributed by atoms with van der Waals surface area (Å²) < 4.78 is 23.8. The van der Waals surface area contributed by atoms with E-state index < -0.39 is 11.4 Å². The Bertz CT molecular complexity index is 667. The first-order chi connectivity index (χ1) is 10.6. The van der Waals surface area contributed by atoms with Gasteiger partial charge in [0.2, 0.25) is 0 Å². The number of hydrogen-bond donors (Lipinski definition) is 2. The Kier molecular flexibility index (Phi) is 3.81. The number of benzene rings is 1. The number of aromatic amines is 1. The molecule has 1 amide bonds. The number of aromatic nitrogens is 2. The van der Waals surface area contributed by atoms with Crippen LogP contribution in [0.1, 0.15) is 22.6 Å². The molecule has 1 aliphatic heterocycles. The molecule has 1 aromatic heterocycles. The molecule has 1 aromatic carbocycles. The first kappa shape index (κ1) is 14.5. The van der Waals surface area contributed by atoms with Gasteiger partial charge in [-0.05, 0) is 18.2 Å². The van der Waals surface area contributed by atoms with Gasteiger partial charge in [-0.1, -0.05) is 0 Å². The van der Waals surface area contributed by atoms with E-state index in [1.165, 1.54) is 25.3 Å². The minimum Gasteiger partial charge on any atom is -0.494 e. The number of carbonyl (C=O) groups is 1. The highest BCUT2D eigenvalue weighted by Crippen LogP contribution is 2.29. The molecule has 1 aliphatic rings. The molecule has 0 spiro atoms. The zero-order valence-corrected chi connectivity index (χ0v) is 12.1. The van der Waals surface area contributed by atoms with Crippen LogP contribution in [0.5, 0.6) is 5.75 Å². The van der Waals surface area contributed by atoms with E-state index in [9.17, 15) is 9.18 Å². The van der Waals surface area contributed by atoms with Crippen LogP contribution in [-0.2, 0) is 10.3 Å². The van der Waals surface area contributed by atoms with Gasteiger partial charge >= 0.3 is 0 Å². The number of nitrogens with zero attached hydrogens (tertiary/aromatic N) is 1. The van der Waals surface area contributed by atoms with Crippen molar-refractivity contribution in [3.8, 4) is 5.75 Å². The number of methoxy groups -OCH3 is 1. The van der Waals surface area contributed by atoms with Crippen LogP contribution < -0.4 is 10.1 Å². The maximum atomic E-state index is 13.4. The van der Waals surface area contributed by atoms with Crippen molar-refractivity contribution < 1.29 is 18.7 Å². The zero-order chi connectivity index (χ0) is 15.6. The zero-order valence-electron chi connectivity index (χ0n) is 12.1. The summed E-state index contributed by atoms with van der Waals surface area (Å²) in [6, 6.07) is 3.99. The predicted molar refractivity (Wildman–Crippen MR) is 76.1 cm³/mol. The Morgan fingerprint density at radius 1 is 1.55 bits per heavy atom. The van der Waals surface area contributed by atoms with Crippen LogP contribution in [0.3, 0.4) is 0 Å². The summed E-state index contributed by atoms with van der Waals surface area (Å²) >= 11 is 0.